The van der Waals surface area contributed by atoms with E-state index in [9.17, 15) is 23.3 Å². The molecule has 8 nitrogen and oxygen atoms in total. The Morgan fingerprint density at radius 3 is 2.59 bits per heavy atom. The molecule has 2 rings (SSSR count). The van der Waals surface area contributed by atoms with Crippen LogP contribution < -0.4 is 9.46 Å². The summed E-state index contributed by atoms with van der Waals surface area (Å²) in [7, 11) is -2.76. The molecule has 0 radical (unpaired) electrons. The van der Waals surface area contributed by atoms with Crippen molar-refractivity contribution in [2.45, 2.75) is 4.90 Å². The monoisotopic (exact) mass is 258 g/mol. The molecule has 0 spiro atoms. The topological polar surface area (TPSA) is 116 Å². The number of amides is 1. The molecule has 0 atom stereocenters. The second-order valence-corrected chi connectivity index (χ2v) is 4.86. The average molecular weight is 258 g/mol. The van der Waals surface area contributed by atoms with Gasteiger partial charge in [-0.05, 0) is 0 Å². The molecule has 1 aliphatic heterocycles. The number of fused-ring (bicyclic) bond motifs is 1. The van der Waals surface area contributed by atoms with Crippen molar-refractivity contribution in [2.24, 2.45) is 0 Å². The highest BCUT2D eigenvalue weighted by Crippen LogP contribution is 2.34. The van der Waals surface area contributed by atoms with Gasteiger partial charge in [-0.15, -0.1) is 0 Å². The zero-order valence-corrected chi connectivity index (χ0v) is 9.28. The number of ether oxygens (including phenoxy) is 1. The fraction of sp³-hybridized carbons (Fsp3) is 0.125. The molecule has 9 heteroatoms. The fourth-order valence-electron chi connectivity index (χ4n) is 1.49. The third-order valence-corrected chi connectivity index (χ3v) is 3.61. The van der Waals surface area contributed by atoms with E-state index in [0.717, 1.165) is 12.1 Å². The van der Waals surface area contributed by atoms with E-state index in [1.54, 1.807) is 4.72 Å². The van der Waals surface area contributed by atoms with E-state index in [4.69, 9.17) is 4.74 Å². The minimum Gasteiger partial charge on any atom is -0.490 e. The maximum Gasteiger partial charge on any atom is 0.311 e. The van der Waals surface area contributed by atoms with Crippen LogP contribution in [0.2, 0.25) is 0 Å². The zero-order valence-electron chi connectivity index (χ0n) is 8.46. The molecule has 1 amide bonds. The Labute approximate surface area is 95.4 Å². The summed E-state index contributed by atoms with van der Waals surface area (Å²) >= 11 is 0. The number of methoxy groups -OCH3 is 1. The molecule has 90 valence electrons. The lowest BCUT2D eigenvalue weighted by Crippen LogP contribution is -2.20. The molecular formula is C8H6N2O6S. The molecule has 0 unspecified atom stereocenters. The SMILES string of the molecule is COc1cc2c(cc1[N+](=O)[O-])C(=O)NS2(=O)=O. The van der Waals surface area contributed by atoms with E-state index < -0.39 is 26.5 Å². The largest absolute Gasteiger partial charge is 0.490 e. The van der Waals surface area contributed by atoms with Crippen LogP contribution in [0.15, 0.2) is 17.0 Å². The van der Waals surface area contributed by atoms with E-state index in [-0.39, 0.29) is 16.2 Å². The highest BCUT2D eigenvalue weighted by atomic mass is 32.2. The van der Waals surface area contributed by atoms with Crippen LogP contribution in [0.5, 0.6) is 5.75 Å². The zero-order chi connectivity index (χ0) is 12.8. The Morgan fingerprint density at radius 1 is 1.41 bits per heavy atom. The maximum atomic E-state index is 11.5. The summed E-state index contributed by atoms with van der Waals surface area (Å²) in [6, 6.07) is 1.84. The minimum absolute atomic E-state index is 0.214. The first-order chi connectivity index (χ1) is 7.86. The van der Waals surface area contributed by atoms with Gasteiger partial charge in [-0.3, -0.25) is 14.9 Å². The molecule has 1 aromatic carbocycles. The van der Waals surface area contributed by atoms with Gasteiger partial charge in [0.25, 0.3) is 15.9 Å². The van der Waals surface area contributed by atoms with Crippen molar-refractivity contribution in [3.8, 4) is 5.75 Å². The number of nitrogens with zero attached hydrogens (tertiary/aromatic N) is 1. The van der Waals surface area contributed by atoms with Crippen molar-refractivity contribution in [3.63, 3.8) is 0 Å². The van der Waals surface area contributed by atoms with Crippen LogP contribution >= 0.6 is 0 Å². The number of hydrogen-bond acceptors (Lipinski definition) is 6. The van der Waals surface area contributed by atoms with Gasteiger partial charge in [0.1, 0.15) is 4.90 Å². The van der Waals surface area contributed by atoms with Crippen LogP contribution in [0.1, 0.15) is 10.4 Å². The van der Waals surface area contributed by atoms with Crippen LogP contribution in [0.3, 0.4) is 0 Å². The number of hydrogen-bond donors (Lipinski definition) is 1. The normalized spacial score (nSPS) is 16.2. The quantitative estimate of drug-likeness (QED) is 0.591. The van der Waals surface area contributed by atoms with Crippen molar-refractivity contribution in [3.05, 3.63) is 27.8 Å². The fourth-order valence-corrected chi connectivity index (χ4v) is 2.65. The third kappa shape index (κ3) is 1.60. The summed E-state index contributed by atoms with van der Waals surface area (Å²) in [4.78, 5) is 20.9. The molecular weight excluding hydrogens is 252 g/mol. The molecule has 1 aromatic rings. The molecule has 1 heterocycles. The first-order valence-corrected chi connectivity index (χ1v) is 5.78. The molecule has 0 bridgehead atoms. The molecule has 0 saturated carbocycles. The molecule has 1 aliphatic rings. The lowest BCUT2D eigenvalue weighted by molar-refractivity contribution is -0.385. The second kappa shape index (κ2) is 3.42. The number of carbonyl (C=O) groups excluding carboxylic acids is 1. The molecule has 0 saturated heterocycles. The summed E-state index contributed by atoms with van der Waals surface area (Å²) in [5.74, 6) is -1.10. The van der Waals surface area contributed by atoms with Crippen molar-refractivity contribution in [2.75, 3.05) is 7.11 Å². The minimum atomic E-state index is -3.93. The van der Waals surface area contributed by atoms with Gasteiger partial charge in [0.15, 0.2) is 5.75 Å². The Hall–Kier alpha value is -2.16. The first kappa shape index (κ1) is 11.3. The summed E-state index contributed by atoms with van der Waals surface area (Å²) in [5, 5.41) is 10.7. The predicted octanol–water partition coefficient (Wildman–Crippen LogP) is 0.0355. The van der Waals surface area contributed by atoms with Crippen molar-refractivity contribution in [1.82, 2.24) is 4.72 Å². The second-order valence-electron chi connectivity index (χ2n) is 3.21. The van der Waals surface area contributed by atoms with Gasteiger partial charge >= 0.3 is 5.69 Å². The number of rotatable bonds is 2. The predicted molar refractivity (Wildman–Crippen MR) is 54.3 cm³/mol. The van der Waals surface area contributed by atoms with Gasteiger partial charge in [-0.2, -0.15) is 0 Å². The van der Waals surface area contributed by atoms with Crippen LogP contribution in [0, 0.1) is 10.1 Å². The van der Waals surface area contributed by atoms with Crippen molar-refractivity contribution >= 4 is 21.6 Å². The third-order valence-electron chi connectivity index (χ3n) is 2.24. The lowest BCUT2D eigenvalue weighted by Gasteiger charge is -2.02. The van der Waals surface area contributed by atoms with Gasteiger partial charge in [0.05, 0.1) is 17.6 Å². The molecule has 17 heavy (non-hydrogen) atoms. The number of benzene rings is 1. The number of sulfonamides is 1. The van der Waals surface area contributed by atoms with E-state index in [1.807, 2.05) is 0 Å². The molecule has 0 aliphatic carbocycles. The molecule has 0 fully saturated rings. The standard InChI is InChI=1S/C8H6N2O6S/c1-16-6-3-7-4(2-5(6)10(12)13)8(11)9-17(7,14)15/h2-3H,1H3,(H,9,11). The van der Waals surface area contributed by atoms with Crippen LogP contribution in [0.25, 0.3) is 0 Å². The van der Waals surface area contributed by atoms with Gasteiger partial charge in [-0.25, -0.2) is 13.1 Å². The summed E-state index contributed by atoms with van der Waals surface area (Å²) in [5.41, 5.74) is -0.712. The number of carbonyl (C=O) groups is 1. The summed E-state index contributed by atoms with van der Waals surface area (Å²) < 4.78 is 29.4. The Balaban J connectivity index is 2.79. The highest BCUT2D eigenvalue weighted by Gasteiger charge is 2.36. The van der Waals surface area contributed by atoms with Gasteiger partial charge < -0.3 is 4.74 Å². The van der Waals surface area contributed by atoms with E-state index in [0.29, 0.717) is 0 Å². The summed E-state index contributed by atoms with van der Waals surface area (Å²) in [6.07, 6.45) is 0. The number of nitro groups is 1. The van der Waals surface area contributed by atoms with Crippen molar-refractivity contribution in [1.29, 1.82) is 0 Å². The highest BCUT2D eigenvalue weighted by molar-refractivity contribution is 7.90. The van der Waals surface area contributed by atoms with Crippen LogP contribution in [-0.4, -0.2) is 26.4 Å². The maximum absolute atomic E-state index is 11.5. The lowest BCUT2D eigenvalue weighted by atomic mass is 10.2. The molecule has 1 N–H and O–H groups in total. The van der Waals surface area contributed by atoms with Crippen LogP contribution in [0.4, 0.5) is 5.69 Å². The smallest absolute Gasteiger partial charge is 0.311 e. The first-order valence-electron chi connectivity index (χ1n) is 4.30. The Kier molecular flexibility index (Phi) is 2.28. The van der Waals surface area contributed by atoms with Crippen LogP contribution in [-0.2, 0) is 10.0 Å². The van der Waals surface area contributed by atoms with E-state index in [1.165, 1.54) is 7.11 Å². The van der Waals surface area contributed by atoms with Gasteiger partial charge in [0.2, 0.25) is 0 Å². The van der Waals surface area contributed by atoms with E-state index >= 15 is 0 Å². The van der Waals surface area contributed by atoms with Gasteiger partial charge in [0, 0.05) is 12.1 Å². The van der Waals surface area contributed by atoms with Crippen molar-refractivity contribution < 1.29 is 22.9 Å². The van der Waals surface area contributed by atoms with E-state index in [2.05, 4.69) is 0 Å². The number of nitrogens with one attached hydrogen (secondary N) is 1. The number of nitro benzene ring substituents is 1. The summed E-state index contributed by atoms with van der Waals surface area (Å²) in [6.45, 7) is 0. The molecule has 0 aromatic heterocycles. The van der Waals surface area contributed by atoms with Gasteiger partial charge in [-0.1, -0.05) is 0 Å². The average Bonchev–Trinajstić information content (AvgIpc) is 2.47. The Bertz CT molecular complexity index is 636. The Morgan fingerprint density at radius 2 is 2.06 bits per heavy atom.